The minimum Gasteiger partial charge on any atom is -0.483 e. The fourth-order valence-electron chi connectivity index (χ4n) is 2.05. The lowest BCUT2D eigenvalue weighted by atomic mass is 10.3. The van der Waals surface area contributed by atoms with Gasteiger partial charge in [0.2, 0.25) is 0 Å². The largest absolute Gasteiger partial charge is 0.483 e. The van der Waals surface area contributed by atoms with Crippen LogP contribution in [0.25, 0.3) is 11.2 Å². The van der Waals surface area contributed by atoms with E-state index < -0.39 is 0 Å². The highest BCUT2D eigenvalue weighted by atomic mass is 35.5. The predicted octanol–water partition coefficient (Wildman–Crippen LogP) is 4.06. The van der Waals surface area contributed by atoms with Gasteiger partial charge in [-0.25, -0.2) is 9.97 Å². The van der Waals surface area contributed by atoms with Crippen LogP contribution in [0.3, 0.4) is 0 Å². The monoisotopic (exact) mass is 287 g/mol. The predicted molar refractivity (Wildman–Crippen MR) is 79.1 cm³/mol. The maximum Gasteiger partial charge on any atom is 0.178 e. The van der Waals surface area contributed by atoms with Crippen LogP contribution in [0.5, 0.6) is 5.75 Å². The van der Waals surface area contributed by atoms with Gasteiger partial charge in [0, 0.05) is 11.2 Å². The van der Waals surface area contributed by atoms with E-state index in [1.165, 1.54) is 0 Å². The molecule has 1 unspecified atom stereocenters. The van der Waals surface area contributed by atoms with Gasteiger partial charge in [0.1, 0.15) is 11.6 Å². The van der Waals surface area contributed by atoms with E-state index in [2.05, 4.69) is 15.0 Å². The number of fused-ring (bicyclic) bond motifs is 1. The Morgan fingerprint density at radius 1 is 1.30 bits per heavy atom. The minimum absolute atomic E-state index is 0.206. The van der Waals surface area contributed by atoms with Gasteiger partial charge in [0.05, 0.1) is 5.52 Å². The number of H-pyrrole nitrogens is 1. The average molecular weight is 288 g/mol. The molecule has 0 aliphatic heterocycles. The first kappa shape index (κ1) is 12.9. The van der Waals surface area contributed by atoms with E-state index in [9.17, 15) is 0 Å². The van der Waals surface area contributed by atoms with Crippen molar-refractivity contribution in [1.82, 2.24) is 15.0 Å². The Kier molecular flexibility index (Phi) is 3.32. The molecule has 0 spiro atoms. The SMILES string of the molecule is Cc1ccnc2nc(C(C)Oc3cccc(Cl)c3)[nH]c12. The lowest BCUT2D eigenvalue weighted by Gasteiger charge is -2.12. The number of hydrogen-bond acceptors (Lipinski definition) is 3. The third-order valence-corrected chi connectivity index (χ3v) is 3.35. The van der Waals surface area contributed by atoms with E-state index >= 15 is 0 Å². The van der Waals surface area contributed by atoms with Crippen molar-refractivity contribution in [3.63, 3.8) is 0 Å². The Bertz CT molecular complexity index is 754. The van der Waals surface area contributed by atoms with Crippen LogP contribution in [-0.2, 0) is 0 Å². The minimum atomic E-state index is -0.206. The summed E-state index contributed by atoms with van der Waals surface area (Å²) in [4.78, 5) is 12.0. The zero-order valence-corrected chi connectivity index (χ0v) is 12.0. The fraction of sp³-hybridized carbons (Fsp3) is 0.200. The number of aromatic amines is 1. The van der Waals surface area contributed by atoms with Crippen LogP contribution in [0.1, 0.15) is 24.4 Å². The van der Waals surface area contributed by atoms with Crippen molar-refractivity contribution in [2.24, 2.45) is 0 Å². The summed E-state index contributed by atoms with van der Waals surface area (Å²) in [6.45, 7) is 3.96. The molecule has 0 amide bonds. The van der Waals surface area contributed by atoms with Crippen molar-refractivity contribution in [1.29, 1.82) is 0 Å². The summed E-state index contributed by atoms with van der Waals surface area (Å²) < 4.78 is 5.84. The lowest BCUT2D eigenvalue weighted by molar-refractivity contribution is 0.218. The molecule has 3 rings (SSSR count). The summed E-state index contributed by atoms with van der Waals surface area (Å²) in [5.74, 6) is 1.47. The number of nitrogens with zero attached hydrogens (tertiary/aromatic N) is 2. The summed E-state index contributed by atoms with van der Waals surface area (Å²) in [7, 11) is 0. The van der Waals surface area contributed by atoms with Crippen LogP contribution in [0, 0.1) is 6.92 Å². The summed E-state index contributed by atoms with van der Waals surface area (Å²) in [5, 5.41) is 0.650. The topological polar surface area (TPSA) is 50.8 Å². The van der Waals surface area contributed by atoms with Gasteiger partial charge in [0.25, 0.3) is 0 Å². The number of aryl methyl sites for hydroxylation is 1. The number of benzene rings is 1. The molecule has 20 heavy (non-hydrogen) atoms. The van der Waals surface area contributed by atoms with Crippen LogP contribution in [0.4, 0.5) is 0 Å². The molecule has 0 fully saturated rings. The zero-order chi connectivity index (χ0) is 14.1. The number of imidazole rings is 1. The van der Waals surface area contributed by atoms with Crippen molar-refractivity contribution < 1.29 is 4.74 Å². The van der Waals surface area contributed by atoms with Gasteiger partial charge in [-0.2, -0.15) is 0 Å². The second-order valence-corrected chi connectivity index (χ2v) is 5.10. The zero-order valence-electron chi connectivity index (χ0n) is 11.2. The van der Waals surface area contributed by atoms with Crippen molar-refractivity contribution in [2.75, 3.05) is 0 Å². The summed E-state index contributed by atoms with van der Waals surface area (Å²) in [5.41, 5.74) is 2.77. The Hall–Kier alpha value is -2.07. The molecule has 1 aromatic carbocycles. The smallest absolute Gasteiger partial charge is 0.178 e. The van der Waals surface area contributed by atoms with Gasteiger partial charge in [-0.3, -0.25) is 0 Å². The average Bonchev–Trinajstić information content (AvgIpc) is 2.84. The second kappa shape index (κ2) is 5.13. The van der Waals surface area contributed by atoms with E-state index in [0.717, 1.165) is 22.7 Å². The number of rotatable bonds is 3. The normalized spacial score (nSPS) is 12.6. The third-order valence-electron chi connectivity index (χ3n) is 3.11. The second-order valence-electron chi connectivity index (χ2n) is 4.67. The Balaban J connectivity index is 1.89. The van der Waals surface area contributed by atoms with Crippen LogP contribution in [0.2, 0.25) is 5.02 Å². The van der Waals surface area contributed by atoms with Gasteiger partial charge in [-0.15, -0.1) is 0 Å². The van der Waals surface area contributed by atoms with Crippen molar-refractivity contribution in [3.05, 3.63) is 52.9 Å². The quantitative estimate of drug-likeness (QED) is 0.790. The highest BCUT2D eigenvalue weighted by molar-refractivity contribution is 6.30. The molecule has 0 bridgehead atoms. The fourth-order valence-corrected chi connectivity index (χ4v) is 2.23. The number of nitrogens with one attached hydrogen (secondary N) is 1. The van der Waals surface area contributed by atoms with Gasteiger partial charge < -0.3 is 9.72 Å². The summed E-state index contributed by atoms with van der Waals surface area (Å²) in [6, 6.07) is 9.27. The standard InChI is InChI=1S/C15H14ClN3O/c1-9-6-7-17-15-13(9)18-14(19-15)10(2)20-12-5-3-4-11(16)8-12/h3-8,10H,1-2H3,(H,17,18,19). The molecule has 2 heterocycles. The van der Waals surface area contributed by atoms with Crippen LogP contribution in [-0.4, -0.2) is 15.0 Å². The molecule has 1 atom stereocenters. The first-order valence-corrected chi connectivity index (χ1v) is 6.75. The molecule has 0 radical (unpaired) electrons. The molecular weight excluding hydrogens is 274 g/mol. The molecule has 1 N–H and O–H groups in total. The molecule has 0 aliphatic rings. The Morgan fingerprint density at radius 3 is 2.90 bits per heavy atom. The molecule has 3 aromatic rings. The van der Waals surface area contributed by atoms with E-state index in [1.54, 1.807) is 12.3 Å². The first-order valence-electron chi connectivity index (χ1n) is 6.37. The molecular formula is C15H14ClN3O. The number of aromatic nitrogens is 3. The van der Waals surface area contributed by atoms with Crippen molar-refractivity contribution in [3.8, 4) is 5.75 Å². The molecule has 5 heteroatoms. The van der Waals surface area contributed by atoms with E-state index in [1.807, 2.05) is 38.1 Å². The summed E-state index contributed by atoms with van der Waals surface area (Å²) >= 11 is 5.95. The van der Waals surface area contributed by atoms with E-state index in [0.29, 0.717) is 10.7 Å². The van der Waals surface area contributed by atoms with E-state index in [4.69, 9.17) is 16.3 Å². The van der Waals surface area contributed by atoms with Crippen LogP contribution < -0.4 is 4.74 Å². The molecule has 0 aliphatic carbocycles. The number of hydrogen-bond donors (Lipinski definition) is 1. The molecule has 0 saturated carbocycles. The van der Waals surface area contributed by atoms with Crippen molar-refractivity contribution >= 4 is 22.8 Å². The number of halogens is 1. The Morgan fingerprint density at radius 2 is 2.15 bits per heavy atom. The van der Waals surface area contributed by atoms with Crippen LogP contribution >= 0.6 is 11.6 Å². The summed E-state index contributed by atoms with van der Waals surface area (Å²) in [6.07, 6.45) is 1.55. The highest BCUT2D eigenvalue weighted by Crippen LogP contribution is 2.24. The Labute approximate surface area is 121 Å². The first-order chi connectivity index (χ1) is 9.63. The number of ether oxygens (including phenoxy) is 1. The molecule has 4 nitrogen and oxygen atoms in total. The van der Waals surface area contributed by atoms with Gasteiger partial charge in [-0.05, 0) is 43.7 Å². The highest BCUT2D eigenvalue weighted by Gasteiger charge is 2.14. The lowest BCUT2D eigenvalue weighted by Crippen LogP contribution is -2.04. The molecule has 0 saturated heterocycles. The maximum atomic E-state index is 5.95. The van der Waals surface area contributed by atoms with Gasteiger partial charge in [-0.1, -0.05) is 17.7 Å². The van der Waals surface area contributed by atoms with Crippen LogP contribution in [0.15, 0.2) is 36.5 Å². The van der Waals surface area contributed by atoms with Gasteiger partial charge >= 0.3 is 0 Å². The van der Waals surface area contributed by atoms with Crippen molar-refractivity contribution in [2.45, 2.75) is 20.0 Å². The number of pyridine rings is 1. The van der Waals surface area contributed by atoms with E-state index in [-0.39, 0.29) is 6.10 Å². The maximum absolute atomic E-state index is 5.95. The van der Waals surface area contributed by atoms with Gasteiger partial charge in [0.15, 0.2) is 11.8 Å². The molecule has 102 valence electrons. The molecule has 2 aromatic heterocycles. The third kappa shape index (κ3) is 2.47.